The second-order valence-electron chi connectivity index (χ2n) is 8.55. The van der Waals surface area contributed by atoms with Crippen LogP contribution < -0.4 is 9.64 Å². The first-order chi connectivity index (χ1) is 13.8. The van der Waals surface area contributed by atoms with Crippen molar-refractivity contribution in [2.24, 2.45) is 0 Å². The third kappa shape index (κ3) is 5.08. The van der Waals surface area contributed by atoms with Crippen LogP contribution in [0.2, 0.25) is 0 Å². The Bertz CT molecular complexity index is 822. The van der Waals surface area contributed by atoms with Crippen LogP contribution in [0.15, 0.2) is 48.5 Å². The van der Waals surface area contributed by atoms with Crippen molar-refractivity contribution < 1.29 is 13.9 Å². The summed E-state index contributed by atoms with van der Waals surface area (Å²) < 4.78 is 20.0. The average Bonchev–Trinajstić information content (AvgIpc) is 2.72. The zero-order valence-corrected chi connectivity index (χ0v) is 17.8. The molecule has 3 rings (SSSR count). The Balaban J connectivity index is 1.59. The van der Waals surface area contributed by atoms with Gasteiger partial charge in [-0.1, -0.05) is 52.0 Å². The Morgan fingerprint density at radius 3 is 2.21 bits per heavy atom. The van der Waals surface area contributed by atoms with Crippen molar-refractivity contribution in [3.8, 4) is 5.75 Å². The van der Waals surface area contributed by atoms with Crippen LogP contribution >= 0.6 is 0 Å². The molecule has 0 spiro atoms. The number of piperazine rings is 1. The molecule has 0 radical (unpaired) electrons. The van der Waals surface area contributed by atoms with Crippen molar-refractivity contribution in [2.75, 3.05) is 31.1 Å². The molecule has 1 aliphatic heterocycles. The van der Waals surface area contributed by atoms with Crippen LogP contribution in [0.5, 0.6) is 5.75 Å². The predicted octanol–water partition coefficient (Wildman–Crippen LogP) is 4.63. The fraction of sp³-hybridized carbons (Fsp3) is 0.458. The topological polar surface area (TPSA) is 32.8 Å². The molecule has 1 heterocycles. The largest absolute Gasteiger partial charge is 0.481 e. The van der Waals surface area contributed by atoms with Gasteiger partial charge in [-0.2, -0.15) is 0 Å². The molecule has 2 aromatic carbocycles. The highest BCUT2D eigenvalue weighted by atomic mass is 19.1. The third-order valence-electron chi connectivity index (χ3n) is 5.43. The van der Waals surface area contributed by atoms with E-state index in [2.05, 4.69) is 32.9 Å². The van der Waals surface area contributed by atoms with Crippen LogP contribution in [-0.2, 0) is 10.2 Å². The van der Waals surface area contributed by atoms with Gasteiger partial charge >= 0.3 is 0 Å². The number of nitrogens with zero attached hydrogens (tertiary/aromatic N) is 2. The highest BCUT2D eigenvalue weighted by Crippen LogP contribution is 2.25. The first kappa shape index (κ1) is 21.2. The molecular weight excluding hydrogens is 367 g/mol. The molecule has 5 heteroatoms. The number of ether oxygens (including phenoxy) is 1. The highest BCUT2D eigenvalue weighted by molar-refractivity contribution is 5.81. The molecule has 0 N–H and O–H groups in total. The maximum atomic E-state index is 14.0. The van der Waals surface area contributed by atoms with Gasteiger partial charge in [0.05, 0.1) is 5.69 Å². The van der Waals surface area contributed by atoms with Crippen LogP contribution in [0.3, 0.4) is 0 Å². The minimum atomic E-state index is -0.504. The second-order valence-corrected chi connectivity index (χ2v) is 8.55. The van der Waals surface area contributed by atoms with E-state index in [4.69, 9.17) is 4.74 Å². The summed E-state index contributed by atoms with van der Waals surface area (Å²) in [7, 11) is 0. The highest BCUT2D eigenvalue weighted by Gasteiger charge is 2.28. The van der Waals surface area contributed by atoms with Crippen LogP contribution in [0, 0.1) is 5.82 Å². The summed E-state index contributed by atoms with van der Waals surface area (Å²) in [5.74, 6) is 0.490. The molecule has 0 saturated carbocycles. The standard InChI is InChI=1S/C24H31FN2O2/c1-5-22(29-19-12-10-18(11-13-19)24(2,3)4)23(28)27-16-14-26(15-17-27)21-9-7-6-8-20(21)25/h6-13,22H,5,14-17H2,1-4H3. The maximum Gasteiger partial charge on any atom is 0.263 e. The van der Waals surface area contributed by atoms with E-state index in [1.807, 2.05) is 34.9 Å². The van der Waals surface area contributed by atoms with E-state index < -0.39 is 6.10 Å². The van der Waals surface area contributed by atoms with E-state index in [-0.39, 0.29) is 17.1 Å². The maximum absolute atomic E-state index is 14.0. The monoisotopic (exact) mass is 398 g/mol. The average molecular weight is 399 g/mol. The molecular formula is C24H31FN2O2. The van der Waals surface area contributed by atoms with E-state index in [1.54, 1.807) is 12.1 Å². The molecule has 2 aromatic rings. The van der Waals surface area contributed by atoms with E-state index >= 15 is 0 Å². The fourth-order valence-corrected chi connectivity index (χ4v) is 3.59. The van der Waals surface area contributed by atoms with Gasteiger partial charge < -0.3 is 14.5 Å². The quantitative estimate of drug-likeness (QED) is 0.736. The number of carbonyl (C=O) groups is 1. The van der Waals surface area contributed by atoms with Gasteiger partial charge in [0.15, 0.2) is 6.10 Å². The zero-order valence-electron chi connectivity index (χ0n) is 17.8. The van der Waals surface area contributed by atoms with Gasteiger partial charge in [0.25, 0.3) is 5.91 Å². The van der Waals surface area contributed by atoms with Crippen LogP contribution in [0.1, 0.15) is 39.7 Å². The minimum Gasteiger partial charge on any atom is -0.481 e. The minimum absolute atomic E-state index is 0.000538. The zero-order chi connectivity index (χ0) is 21.0. The summed E-state index contributed by atoms with van der Waals surface area (Å²) in [5, 5.41) is 0. The Morgan fingerprint density at radius 1 is 1.03 bits per heavy atom. The first-order valence-electron chi connectivity index (χ1n) is 10.3. The molecule has 1 amide bonds. The summed E-state index contributed by atoms with van der Waals surface area (Å²) in [6, 6.07) is 14.8. The van der Waals surface area contributed by atoms with Gasteiger partial charge in [-0.05, 0) is 41.7 Å². The van der Waals surface area contributed by atoms with Gasteiger partial charge in [0.2, 0.25) is 0 Å². The Kier molecular flexibility index (Phi) is 6.46. The lowest BCUT2D eigenvalue weighted by Gasteiger charge is -2.37. The number of halogens is 1. The number of anilines is 1. The van der Waals surface area contributed by atoms with Gasteiger partial charge in [-0.25, -0.2) is 4.39 Å². The van der Waals surface area contributed by atoms with Crippen molar-refractivity contribution in [3.63, 3.8) is 0 Å². The molecule has 1 atom stereocenters. The number of rotatable bonds is 5. The Morgan fingerprint density at radius 2 is 1.66 bits per heavy atom. The summed E-state index contributed by atoms with van der Waals surface area (Å²) in [5.41, 5.74) is 1.91. The molecule has 4 nitrogen and oxygen atoms in total. The van der Waals surface area contributed by atoms with Crippen molar-refractivity contribution in [3.05, 3.63) is 59.9 Å². The third-order valence-corrected chi connectivity index (χ3v) is 5.43. The number of benzene rings is 2. The number of amides is 1. The van der Waals surface area contributed by atoms with Crippen LogP contribution in [0.4, 0.5) is 10.1 Å². The van der Waals surface area contributed by atoms with Crippen molar-refractivity contribution >= 4 is 11.6 Å². The normalized spacial score (nSPS) is 15.9. The summed E-state index contributed by atoms with van der Waals surface area (Å²) in [4.78, 5) is 16.8. The predicted molar refractivity (Wildman–Crippen MR) is 115 cm³/mol. The summed E-state index contributed by atoms with van der Waals surface area (Å²) in [6.45, 7) is 10.8. The SMILES string of the molecule is CCC(Oc1ccc(C(C)(C)C)cc1)C(=O)N1CCN(c2ccccc2F)CC1. The first-order valence-corrected chi connectivity index (χ1v) is 10.3. The number of hydrogen-bond acceptors (Lipinski definition) is 3. The lowest BCUT2D eigenvalue weighted by atomic mass is 9.87. The number of para-hydroxylation sites is 1. The van der Waals surface area contributed by atoms with Gasteiger partial charge in [-0.15, -0.1) is 0 Å². The molecule has 0 aromatic heterocycles. The van der Waals surface area contributed by atoms with E-state index in [0.29, 0.717) is 44.0 Å². The Labute approximate surface area is 173 Å². The van der Waals surface area contributed by atoms with E-state index in [9.17, 15) is 9.18 Å². The van der Waals surface area contributed by atoms with Gasteiger partial charge in [-0.3, -0.25) is 4.79 Å². The van der Waals surface area contributed by atoms with Crippen molar-refractivity contribution in [1.29, 1.82) is 0 Å². The lowest BCUT2D eigenvalue weighted by molar-refractivity contribution is -0.139. The van der Waals surface area contributed by atoms with Gasteiger partial charge in [0.1, 0.15) is 11.6 Å². The molecule has 1 aliphatic rings. The summed E-state index contributed by atoms with van der Waals surface area (Å²) in [6.07, 6.45) is 0.100. The van der Waals surface area contributed by atoms with Crippen LogP contribution in [0.25, 0.3) is 0 Å². The van der Waals surface area contributed by atoms with Crippen molar-refractivity contribution in [1.82, 2.24) is 4.90 Å². The molecule has 1 fully saturated rings. The van der Waals surface area contributed by atoms with E-state index in [0.717, 1.165) is 0 Å². The summed E-state index contributed by atoms with van der Waals surface area (Å²) >= 11 is 0. The van der Waals surface area contributed by atoms with Crippen LogP contribution in [-0.4, -0.2) is 43.1 Å². The second kappa shape index (κ2) is 8.85. The van der Waals surface area contributed by atoms with Crippen molar-refractivity contribution in [2.45, 2.75) is 45.6 Å². The molecule has 0 bridgehead atoms. The fourth-order valence-electron chi connectivity index (χ4n) is 3.59. The molecule has 0 aliphatic carbocycles. The molecule has 156 valence electrons. The number of hydrogen-bond donors (Lipinski definition) is 0. The number of carbonyl (C=O) groups excluding carboxylic acids is 1. The molecule has 1 saturated heterocycles. The molecule has 1 unspecified atom stereocenters. The van der Waals surface area contributed by atoms with Gasteiger partial charge in [0, 0.05) is 26.2 Å². The smallest absolute Gasteiger partial charge is 0.263 e. The lowest BCUT2D eigenvalue weighted by Crippen LogP contribution is -2.52. The van der Waals surface area contributed by atoms with E-state index in [1.165, 1.54) is 11.6 Å². The Hall–Kier alpha value is -2.56. The molecule has 29 heavy (non-hydrogen) atoms.